The lowest BCUT2D eigenvalue weighted by atomic mass is 9.39. The Labute approximate surface area is 154 Å². The fourth-order valence-corrected chi connectivity index (χ4v) is 8.61. The van der Waals surface area contributed by atoms with Crippen LogP contribution in [0.2, 0.25) is 25.7 Å². The Balaban J connectivity index is 3.34. The topological polar surface area (TPSA) is 0 Å². The molecule has 0 amide bonds. The highest BCUT2D eigenvalue weighted by atomic mass is 28.3. The first-order valence-corrected chi connectivity index (χ1v) is 13.7. The summed E-state index contributed by atoms with van der Waals surface area (Å²) in [6.45, 7) is 22.8. The molecule has 0 nitrogen and oxygen atoms in total. The van der Waals surface area contributed by atoms with Crippen molar-refractivity contribution in [1.82, 2.24) is 0 Å². The van der Waals surface area contributed by atoms with Crippen molar-refractivity contribution in [2.24, 2.45) is 11.8 Å². The molecule has 0 spiro atoms. The van der Waals surface area contributed by atoms with Crippen molar-refractivity contribution >= 4 is 14.8 Å². The van der Waals surface area contributed by atoms with Crippen molar-refractivity contribution in [3.8, 4) is 0 Å². The molecular weight excluding hydrogens is 303 g/mol. The second-order valence-corrected chi connectivity index (χ2v) is 13.7. The van der Waals surface area contributed by atoms with Gasteiger partial charge in [-0.2, -0.15) is 0 Å². The van der Waals surface area contributed by atoms with Gasteiger partial charge in [-0.25, -0.2) is 0 Å². The minimum atomic E-state index is -1.42. The summed E-state index contributed by atoms with van der Waals surface area (Å²) in [5.41, 5.74) is 3.65. The van der Waals surface area contributed by atoms with Crippen molar-refractivity contribution in [3.63, 3.8) is 0 Å². The summed E-state index contributed by atoms with van der Waals surface area (Å²) in [5, 5.41) is 3.85. The molecular formula is C22H43BSi. The normalized spacial score (nSPS) is 17.6. The molecule has 0 fully saturated rings. The molecule has 0 saturated carbocycles. The third kappa shape index (κ3) is 4.90. The first-order valence-electron chi connectivity index (χ1n) is 10.7. The second kappa shape index (κ2) is 9.46. The Morgan fingerprint density at radius 1 is 0.792 bits per heavy atom. The Hall–Kier alpha value is -0.238. The summed E-state index contributed by atoms with van der Waals surface area (Å²) in [6, 6.07) is 0. The monoisotopic (exact) mass is 346 g/mol. The van der Waals surface area contributed by atoms with Crippen LogP contribution in [0.3, 0.4) is 0 Å². The largest absolute Gasteiger partial charge is 0.175 e. The molecule has 1 rings (SSSR count). The minimum Gasteiger partial charge on any atom is -0.0815 e. The van der Waals surface area contributed by atoms with E-state index in [4.69, 9.17) is 0 Å². The van der Waals surface area contributed by atoms with Crippen LogP contribution in [-0.4, -0.2) is 14.8 Å². The van der Waals surface area contributed by atoms with E-state index in [-0.39, 0.29) is 0 Å². The van der Waals surface area contributed by atoms with Gasteiger partial charge >= 0.3 is 0 Å². The van der Waals surface area contributed by atoms with E-state index >= 15 is 0 Å². The number of hydrogen-bond donors (Lipinski definition) is 0. The average molecular weight is 346 g/mol. The number of hydrogen-bond acceptors (Lipinski definition) is 0. The highest BCUT2D eigenvalue weighted by Crippen LogP contribution is 2.46. The van der Waals surface area contributed by atoms with Crippen LogP contribution in [0, 0.1) is 11.8 Å². The summed E-state index contributed by atoms with van der Waals surface area (Å²) in [4.78, 5) is 0. The van der Waals surface area contributed by atoms with E-state index in [1.54, 1.807) is 5.57 Å². The number of allylic oxidation sites excluding steroid dienone is 4. The third-order valence-electron chi connectivity index (χ3n) is 6.21. The van der Waals surface area contributed by atoms with E-state index in [2.05, 4.69) is 61.6 Å². The van der Waals surface area contributed by atoms with Crippen LogP contribution in [0.4, 0.5) is 0 Å². The molecule has 0 saturated heterocycles. The fourth-order valence-electron chi connectivity index (χ4n) is 4.61. The molecule has 0 N–H and O–H groups in total. The van der Waals surface area contributed by atoms with E-state index in [1.807, 2.05) is 15.9 Å². The highest BCUT2D eigenvalue weighted by molar-refractivity contribution is 6.94. The quantitative estimate of drug-likeness (QED) is 0.355. The van der Waals surface area contributed by atoms with Crippen molar-refractivity contribution in [3.05, 3.63) is 21.4 Å². The van der Waals surface area contributed by atoms with Gasteiger partial charge in [-0.15, -0.1) is 0 Å². The lowest BCUT2D eigenvalue weighted by Gasteiger charge is -2.27. The summed E-state index contributed by atoms with van der Waals surface area (Å²) < 4.78 is 0. The first kappa shape index (κ1) is 21.8. The van der Waals surface area contributed by atoms with Crippen molar-refractivity contribution in [2.45, 2.75) is 106 Å². The molecule has 1 aliphatic heterocycles. The lowest BCUT2D eigenvalue weighted by Crippen LogP contribution is -2.31. The molecule has 0 bridgehead atoms. The van der Waals surface area contributed by atoms with Crippen molar-refractivity contribution in [2.75, 3.05) is 0 Å². The van der Waals surface area contributed by atoms with E-state index in [0.29, 0.717) is 0 Å². The molecule has 0 aromatic carbocycles. The zero-order valence-corrected chi connectivity index (χ0v) is 19.2. The molecule has 138 valence electrons. The predicted octanol–water partition coefficient (Wildman–Crippen LogP) is 7.74. The van der Waals surface area contributed by atoms with Crippen molar-refractivity contribution in [1.29, 1.82) is 0 Å². The zero-order chi connectivity index (χ0) is 18.5. The number of rotatable bonds is 10. The minimum absolute atomic E-state index is 0.797. The molecule has 0 aromatic heterocycles. The van der Waals surface area contributed by atoms with Gasteiger partial charge in [0.05, 0.1) is 0 Å². The smallest absolute Gasteiger partial charge is 0.0815 e. The van der Waals surface area contributed by atoms with Crippen LogP contribution < -0.4 is 0 Å². The molecule has 1 heterocycles. The molecule has 0 aromatic rings. The van der Waals surface area contributed by atoms with Crippen molar-refractivity contribution < 1.29 is 0 Å². The summed E-state index contributed by atoms with van der Waals surface area (Å²) >= 11 is 0. The van der Waals surface area contributed by atoms with Gasteiger partial charge in [-0.05, 0) is 43.9 Å². The molecule has 1 aliphatic rings. The van der Waals surface area contributed by atoms with Gasteiger partial charge in [0.15, 0.2) is 6.71 Å². The maximum absolute atomic E-state index is 2.66. The van der Waals surface area contributed by atoms with Crippen LogP contribution in [0.25, 0.3) is 0 Å². The van der Waals surface area contributed by atoms with Crippen LogP contribution in [0.1, 0.15) is 80.6 Å². The predicted molar refractivity (Wildman–Crippen MR) is 117 cm³/mol. The maximum atomic E-state index is 2.66. The van der Waals surface area contributed by atoms with E-state index in [0.717, 1.165) is 18.5 Å². The van der Waals surface area contributed by atoms with Gasteiger partial charge in [-0.3, -0.25) is 0 Å². The molecule has 0 radical (unpaired) electrons. The summed E-state index contributed by atoms with van der Waals surface area (Å²) in [6.07, 6.45) is 9.31. The average Bonchev–Trinajstić information content (AvgIpc) is 2.71. The van der Waals surface area contributed by atoms with Gasteiger partial charge < -0.3 is 0 Å². The van der Waals surface area contributed by atoms with Gasteiger partial charge in [0.25, 0.3) is 0 Å². The third-order valence-corrected chi connectivity index (χ3v) is 10.3. The Kier molecular flexibility index (Phi) is 8.59. The molecule has 24 heavy (non-hydrogen) atoms. The second-order valence-electron chi connectivity index (χ2n) is 9.21. The molecule has 0 atom stereocenters. The van der Waals surface area contributed by atoms with E-state index in [9.17, 15) is 0 Å². The Bertz CT molecular complexity index is 464. The molecule has 2 heteroatoms. The van der Waals surface area contributed by atoms with Crippen LogP contribution in [0.15, 0.2) is 21.4 Å². The molecule has 0 unspecified atom stereocenters. The standard InChI is InChI=1S/C22H43BSi/c1-10-19-20(15-13-17(4)5)24(8,9)21(16-14-18(6)7)22(19)23(11-2)12-3/h17-18H,10-16H2,1-9H3. The SMILES string of the molecule is CCB(CC)C1=C(CCC(C)C)[Si](C)(C)C(CCC(C)C)=C1CC. The maximum Gasteiger partial charge on any atom is 0.175 e. The Morgan fingerprint density at radius 2 is 1.25 bits per heavy atom. The van der Waals surface area contributed by atoms with E-state index in [1.165, 1.54) is 44.7 Å². The fraction of sp³-hybridized carbons (Fsp3) is 0.818. The van der Waals surface area contributed by atoms with Gasteiger partial charge in [0.1, 0.15) is 8.07 Å². The highest BCUT2D eigenvalue weighted by Gasteiger charge is 2.41. The van der Waals surface area contributed by atoms with Crippen LogP contribution >= 0.6 is 0 Å². The van der Waals surface area contributed by atoms with Gasteiger partial charge in [-0.1, -0.05) is 95.6 Å². The lowest BCUT2D eigenvalue weighted by molar-refractivity contribution is 0.587. The Morgan fingerprint density at radius 3 is 1.62 bits per heavy atom. The van der Waals surface area contributed by atoms with Crippen LogP contribution in [0.5, 0.6) is 0 Å². The first-order chi connectivity index (χ1) is 11.2. The zero-order valence-electron chi connectivity index (χ0n) is 18.2. The summed E-state index contributed by atoms with van der Waals surface area (Å²) in [5.74, 6) is 1.63. The molecule has 0 aliphatic carbocycles. The van der Waals surface area contributed by atoms with Crippen LogP contribution in [-0.2, 0) is 0 Å². The summed E-state index contributed by atoms with van der Waals surface area (Å²) in [7, 11) is -1.42. The van der Waals surface area contributed by atoms with E-state index < -0.39 is 8.07 Å². The van der Waals surface area contributed by atoms with Gasteiger partial charge in [0, 0.05) is 0 Å². The van der Waals surface area contributed by atoms with Gasteiger partial charge in [0.2, 0.25) is 0 Å².